The standard InChI is InChI=1S/C21H30N4O2/c1-14(23-15-12-16-6-3-7-17(13-15)25(16)2)18-8-4-9-19-20(18)24-21(27-19)22-10-5-11-26/h4,8-9,15-17,23,26H,1,3,5-7,10-13H2,2H3,(H,22,24). The largest absolute Gasteiger partial charge is 0.424 e. The van der Waals surface area contributed by atoms with Gasteiger partial charge in [0.25, 0.3) is 6.01 Å². The Balaban J connectivity index is 1.47. The Hall–Kier alpha value is -2.05. The van der Waals surface area contributed by atoms with E-state index >= 15 is 0 Å². The highest BCUT2D eigenvalue weighted by Crippen LogP contribution is 2.34. The van der Waals surface area contributed by atoms with Crippen molar-refractivity contribution in [2.24, 2.45) is 0 Å². The number of nitrogens with one attached hydrogen (secondary N) is 2. The van der Waals surface area contributed by atoms with Gasteiger partial charge < -0.3 is 25.1 Å². The van der Waals surface area contributed by atoms with Gasteiger partial charge in [-0.3, -0.25) is 0 Å². The maximum atomic E-state index is 8.92. The molecular formula is C21H30N4O2. The van der Waals surface area contributed by atoms with Crippen LogP contribution in [0.5, 0.6) is 0 Å². The molecule has 0 amide bonds. The zero-order chi connectivity index (χ0) is 18.8. The summed E-state index contributed by atoms with van der Waals surface area (Å²) in [4.78, 5) is 7.18. The molecule has 0 saturated carbocycles. The number of hydrogen-bond donors (Lipinski definition) is 3. The van der Waals surface area contributed by atoms with Crippen LogP contribution in [0, 0.1) is 0 Å². The van der Waals surface area contributed by atoms with Crippen LogP contribution in [-0.4, -0.2) is 53.3 Å². The summed E-state index contributed by atoms with van der Waals surface area (Å²) >= 11 is 0. The van der Waals surface area contributed by atoms with Crippen molar-refractivity contribution in [3.05, 3.63) is 30.3 Å². The van der Waals surface area contributed by atoms with E-state index in [1.807, 2.05) is 18.2 Å². The monoisotopic (exact) mass is 370 g/mol. The molecule has 2 unspecified atom stereocenters. The molecule has 2 saturated heterocycles. The summed E-state index contributed by atoms with van der Waals surface area (Å²) in [6.07, 6.45) is 6.98. The van der Waals surface area contributed by atoms with E-state index in [1.165, 1.54) is 32.1 Å². The van der Waals surface area contributed by atoms with Crippen molar-refractivity contribution in [3.63, 3.8) is 0 Å². The molecule has 6 heteroatoms. The minimum atomic E-state index is 0.151. The van der Waals surface area contributed by atoms with Crippen molar-refractivity contribution in [2.75, 3.05) is 25.5 Å². The average Bonchev–Trinajstić information content (AvgIpc) is 3.05. The highest BCUT2D eigenvalue weighted by atomic mass is 16.4. The first kappa shape index (κ1) is 18.3. The van der Waals surface area contributed by atoms with Gasteiger partial charge in [-0.1, -0.05) is 25.1 Å². The number of aliphatic hydroxyl groups excluding tert-OH is 1. The molecule has 27 heavy (non-hydrogen) atoms. The molecule has 0 radical (unpaired) electrons. The topological polar surface area (TPSA) is 73.6 Å². The Labute approximate surface area is 160 Å². The molecule has 2 aliphatic rings. The van der Waals surface area contributed by atoms with Crippen LogP contribution in [0.25, 0.3) is 16.8 Å². The maximum absolute atomic E-state index is 8.92. The van der Waals surface area contributed by atoms with Crippen LogP contribution in [0.15, 0.2) is 29.2 Å². The third-order valence-electron chi connectivity index (χ3n) is 6.07. The predicted octanol–water partition coefficient (Wildman–Crippen LogP) is 3.20. The van der Waals surface area contributed by atoms with Gasteiger partial charge in [0.15, 0.2) is 5.58 Å². The highest BCUT2D eigenvalue weighted by molar-refractivity contribution is 5.87. The molecule has 3 N–H and O–H groups in total. The lowest BCUT2D eigenvalue weighted by atomic mass is 9.82. The van der Waals surface area contributed by atoms with Gasteiger partial charge in [-0.15, -0.1) is 0 Å². The molecule has 1 aromatic carbocycles. The fourth-order valence-corrected chi connectivity index (χ4v) is 4.60. The van der Waals surface area contributed by atoms with E-state index in [0.717, 1.165) is 22.4 Å². The molecule has 2 atom stereocenters. The van der Waals surface area contributed by atoms with Gasteiger partial charge >= 0.3 is 0 Å². The molecular weight excluding hydrogens is 340 g/mol. The van der Waals surface area contributed by atoms with Gasteiger partial charge in [0, 0.05) is 42.5 Å². The van der Waals surface area contributed by atoms with Gasteiger partial charge in [-0.25, -0.2) is 0 Å². The van der Waals surface area contributed by atoms with E-state index in [-0.39, 0.29) is 6.61 Å². The molecule has 0 spiro atoms. The summed E-state index contributed by atoms with van der Waals surface area (Å²) in [6.45, 7) is 5.09. The number of aromatic nitrogens is 1. The number of rotatable bonds is 7. The zero-order valence-corrected chi connectivity index (χ0v) is 16.1. The normalized spacial score (nSPS) is 25.5. The fraction of sp³-hybridized carbons (Fsp3) is 0.571. The zero-order valence-electron chi connectivity index (χ0n) is 16.1. The van der Waals surface area contributed by atoms with Crippen molar-refractivity contribution in [1.29, 1.82) is 0 Å². The lowest BCUT2D eigenvalue weighted by Gasteiger charge is -2.47. The average molecular weight is 370 g/mol. The van der Waals surface area contributed by atoms with Crippen molar-refractivity contribution in [1.82, 2.24) is 15.2 Å². The van der Waals surface area contributed by atoms with Gasteiger partial charge in [0.2, 0.25) is 0 Å². The summed E-state index contributed by atoms with van der Waals surface area (Å²) in [6, 6.07) is 8.29. The van der Waals surface area contributed by atoms with Gasteiger partial charge in [-0.2, -0.15) is 4.98 Å². The Morgan fingerprint density at radius 3 is 2.85 bits per heavy atom. The van der Waals surface area contributed by atoms with E-state index in [2.05, 4.69) is 34.1 Å². The van der Waals surface area contributed by atoms with Crippen LogP contribution >= 0.6 is 0 Å². The predicted molar refractivity (Wildman–Crippen MR) is 109 cm³/mol. The number of anilines is 1. The van der Waals surface area contributed by atoms with Crippen LogP contribution in [0.3, 0.4) is 0 Å². The van der Waals surface area contributed by atoms with Gasteiger partial charge in [-0.05, 0) is 45.2 Å². The van der Waals surface area contributed by atoms with E-state index in [1.54, 1.807) is 0 Å². The maximum Gasteiger partial charge on any atom is 0.295 e. The number of oxazole rings is 1. The Bertz CT molecular complexity index is 789. The van der Waals surface area contributed by atoms with E-state index in [4.69, 9.17) is 9.52 Å². The SMILES string of the molecule is C=C(NC1CC2CCCC(C1)N2C)c1cccc2oc(NCCCO)nc12. The third kappa shape index (κ3) is 3.82. The van der Waals surface area contributed by atoms with Gasteiger partial charge in [0.05, 0.1) is 0 Å². The van der Waals surface area contributed by atoms with Crippen LogP contribution in [0.2, 0.25) is 0 Å². The molecule has 2 fully saturated rings. The molecule has 6 nitrogen and oxygen atoms in total. The second kappa shape index (κ2) is 7.90. The van der Waals surface area contributed by atoms with Crippen LogP contribution in [-0.2, 0) is 0 Å². The molecule has 2 aromatic rings. The number of fused-ring (bicyclic) bond motifs is 3. The second-order valence-corrected chi connectivity index (χ2v) is 7.87. The van der Waals surface area contributed by atoms with Crippen molar-refractivity contribution < 1.29 is 9.52 Å². The number of aliphatic hydroxyl groups is 1. The summed E-state index contributed by atoms with van der Waals surface area (Å²) in [5.41, 5.74) is 3.50. The number of para-hydroxylation sites is 1. The molecule has 1 aromatic heterocycles. The number of benzene rings is 1. The summed E-state index contributed by atoms with van der Waals surface area (Å²) in [7, 11) is 2.28. The number of hydrogen-bond acceptors (Lipinski definition) is 6. The van der Waals surface area contributed by atoms with E-state index < -0.39 is 0 Å². The molecule has 4 rings (SSSR count). The lowest BCUT2D eigenvalue weighted by molar-refractivity contribution is 0.0523. The molecule has 2 bridgehead atoms. The molecule has 3 heterocycles. The van der Waals surface area contributed by atoms with Crippen molar-refractivity contribution >= 4 is 22.8 Å². The summed E-state index contributed by atoms with van der Waals surface area (Å²) in [5.74, 6) is 0. The van der Waals surface area contributed by atoms with Crippen LogP contribution in [0.1, 0.15) is 44.1 Å². The fourth-order valence-electron chi connectivity index (χ4n) is 4.60. The highest BCUT2D eigenvalue weighted by Gasteiger charge is 2.36. The van der Waals surface area contributed by atoms with E-state index in [9.17, 15) is 0 Å². The first-order valence-electron chi connectivity index (χ1n) is 10.1. The first-order valence-corrected chi connectivity index (χ1v) is 10.1. The Kier molecular flexibility index (Phi) is 5.36. The lowest BCUT2D eigenvalue weighted by Crippen LogP contribution is -2.54. The quantitative estimate of drug-likeness (QED) is 0.650. The van der Waals surface area contributed by atoms with Crippen molar-refractivity contribution in [3.8, 4) is 0 Å². The molecule has 2 aliphatic heterocycles. The third-order valence-corrected chi connectivity index (χ3v) is 6.07. The van der Waals surface area contributed by atoms with Gasteiger partial charge in [0.1, 0.15) is 5.52 Å². The van der Waals surface area contributed by atoms with Crippen LogP contribution in [0.4, 0.5) is 6.01 Å². The molecule has 0 aliphatic carbocycles. The molecule has 146 valence electrons. The summed E-state index contributed by atoms with van der Waals surface area (Å²) in [5, 5.41) is 15.7. The second-order valence-electron chi connectivity index (χ2n) is 7.87. The Morgan fingerprint density at radius 2 is 2.11 bits per heavy atom. The smallest absolute Gasteiger partial charge is 0.295 e. The minimum Gasteiger partial charge on any atom is -0.424 e. The van der Waals surface area contributed by atoms with Crippen LogP contribution < -0.4 is 10.6 Å². The van der Waals surface area contributed by atoms with Crippen molar-refractivity contribution in [2.45, 2.75) is 56.7 Å². The summed E-state index contributed by atoms with van der Waals surface area (Å²) < 4.78 is 5.79. The van der Waals surface area contributed by atoms with E-state index in [0.29, 0.717) is 37.1 Å². The first-order chi connectivity index (χ1) is 13.2. The number of nitrogens with zero attached hydrogens (tertiary/aromatic N) is 2. The number of piperidine rings is 2. The minimum absolute atomic E-state index is 0.151. The Morgan fingerprint density at radius 1 is 1.33 bits per heavy atom.